The van der Waals surface area contributed by atoms with Crippen LogP contribution in [0.2, 0.25) is 0 Å². The molecular formula is C15H18N2O4. The van der Waals surface area contributed by atoms with Crippen LogP contribution in [0.15, 0.2) is 24.3 Å². The maximum Gasteiger partial charge on any atom is 0.326 e. The molecule has 2 heterocycles. The SMILES string of the molecule is O=C(O)[C@@H]1CC(O)CN1C(=O)[C@@H]1Cc2ccccc2CN1. The molecule has 6 heteroatoms. The molecule has 6 nitrogen and oxygen atoms in total. The fourth-order valence-corrected chi connectivity index (χ4v) is 3.12. The third kappa shape index (κ3) is 2.64. The molecule has 2 aliphatic rings. The van der Waals surface area contributed by atoms with Crippen molar-refractivity contribution >= 4 is 11.9 Å². The number of aliphatic hydroxyl groups excluding tert-OH is 1. The number of hydrogen-bond donors (Lipinski definition) is 3. The van der Waals surface area contributed by atoms with Crippen molar-refractivity contribution < 1.29 is 19.8 Å². The molecule has 1 aromatic rings. The first-order valence-corrected chi connectivity index (χ1v) is 7.08. The van der Waals surface area contributed by atoms with Gasteiger partial charge >= 0.3 is 5.97 Å². The minimum atomic E-state index is -1.06. The molecule has 1 saturated heterocycles. The van der Waals surface area contributed by atoms with Gasteiger partial charge in [0, 0.05) is 19.5 Å². The molecule has 0 aromatic heterocycles. The van der Waals surface area contributed by atoms with Gasteiger partial charge in [-0.05, 0) is 17.5 Å². The first-order chi connectivity index (χ1) is 10.1. The second kappa shape index (κ2) is 5.46. The van der Waals surface area contributed by atoms with Crippen molar-refractivity contribution in [2.75, 3.05) is 6.54 Å². The minimum Gasteiger partial charge on any atom is -0.480 e. The first-order valence-electron chi connectivity index (χ1n) is 7.08. The zero-order valence-electron chi connectivity index (χ0n) is 11.5. The molecule has 21 heavy (non-hydrogen) atoms. The van der Waals surface area contributed by atoms with Crippen LogP contribution in [0.4, 0.5) is 0 Å². The molecule has 0 spiro atoms. The molecule has 1 aromatic carbocycles. The average Bonchev–Trinajstić information content (AvgIpc) is 2.88. The number of likely N-dealkylation sites (tertiary alicyclic amines) is 1. The summed E-state index contributed by atoms with van der Waals surface area (Å²) in [5.41, 5.74) is 2.28. The van der Waals surface area contributed by atoms with Crippen molar-refractivity contribution in [3.05, 3.63) is 35.4 Å². The summed E-state index contributed by atoms with van der Waals surface area (Å²) in [4.78, 5) is 25.1. The molecule has 112 valence electrons. The number of benzene rings is 1. The highest BCUT2D eigenvalue weighted by Crippen LogP contribution is 2.22. The summed E-state index contributed by atoms with van der Waals surface area (Å²) in [6.07, 6.45) is -0.107. The summed E-state index contributed by atoms with van der Waals surface area (Å²) in [6, 6.07) is 6.55. The standard InChI is InChI=1S/C15H18N2O4/c18-11-6-13(15(20)21)17(8-11)14(19)12-5-9-3-1-2-4-10(9)7-16-12/h1-4,11-13,16,18H,5-8H2,(H,20,21)/t11?,12-,13-/m0/s1. The van der Waals surface area contributed by atoms with E-state index in [1.807, 2.05) is 24.3 Å². The predicted molar refractivity (Wildman–Crippen MR) is 74.5 cm³/mol. The summed E-state index contributed by atoms with van der Waals surface area (Å²) in [5.74, 6) is -1.30. The van der Waals surface area contributed by atoms with Gasteiger partial charge in [0.15, 0.2) is 0 Å². The van der Waals surface area contributed by atoms with Crippen LogP contribution >= 0.6 is 0 Å². The third-order valence-corrected chi connectivity index (χ3v) is 4.23. The minimum absolute atomic E-state index is 0.0929. The number of nitrogens with zero attached hydrogens (tertiary/aromatic N) is 1. The monoisotopic (exact) mass is 290 g/mol. The Morgan fingerprint density at radius 3 is 2.67 bits per heavy atom. The van der Waals surface area contributed by atoms with Gasteiger partial charge < -0.3 is 20.4 Å². The van der Waals surface area contributed by atoms with E-state index in [2.05, 4.69) is 5.32 Å². The van der Waals surface area contributed by atoms with Crippen molar-refractivity contribution in [2.45, 2.75) is 37.6 Å². The largest absolute Gasteiger partial charge is 0.480 e. The molecule has 0 radical (unpaired) electrons. The van der Waals surface area contributed by atoms with Gasteiger partial charge in [-0.3, -0.25) is 4.79 Å². The fraction of sp³-hybridized carbons (Fsp3) is 0.467. The van der Waals surface area contributed by atoms with Crippen LogP contribution in [-0.2, 0) is 22.6 Å². The predicted octanol–water partition coefficient (Wildman–Crippen LogP) is -0.253. The Morgan fingerprint density at radius 1 is 1.24 bits per heavy atom. The number of carboxylic acid groups (broad SMARTS) is 1. The van der Waals surface area contributed by atoms with Gasteiger partial charge in [-0.15, -0.1) is 0 Å². The summed E-state index contributed by atoms with van der Waals surface area (Å²) in [5, 5.41) is 22.0. The zero-order valence-corrected chi connectivity index (χ0v) is 11.5. The number of β-amino-alcohol motifs (C(OH)–C–C–N with tert-alkyl or cyclic N) is 1. The lowest BCUT2D eigenvalue weighted by Crippen LogP contribution is -2.52. The summed E-state index contributed by atoms with van der Waals surface area (Å²) < 4.78 is 0. The summed E-state index contributed by atoms with van der Waals surface area (Å²) >= 11 is 0. The molecule has 1 amide bonds. The van der Waals surface area contributed by atoms with E-state index in [4.69, 9.17) is 0 Å². The number of rotatable bonds is 2. The number of aliphatic carboxylic acids is 1. The lowest BCUT2D eigenvalue weighted by Gasteiger charge is -2.30. The lowest BCUT2D eigenvalue weighted by atomic mass is 9.95. The van der Waals surface area contributed by atoms with Gasteiger partial charge in [-0.25, -0.2) is 4.79 Å². The van der Waals surface area contributed by atoms with Crippen LogP contribution in [-0.4, -0.2) is 51.7 Å². The lowest BCUT2D eigenvalue weighted by molar-refractivity contribution is -0.149. The van der Waals surface area contributed by atoms with E-state index < -0.39 is 24.2 Å². The first kappa shape index (κ1) is 14.0. The number of carbonyl (C=O) groups is 2. The smallest absolute Gasteiger partial charge is 0.326 e. The molecule has 1 unspecified atom stereocenters. The fourth-order valence-electron chi connectivity index (χ4n) is 3.12. The Bertz CT molecular complexity index is 575. The number of fused-ring (bicyclic) bond motifs is 1. The molecular weight excluding hydrogens is 272 g/mol. The van der Waals surface area contributed by atoms with Crippen molar-refractivity contribution in [1.82, 2.24) is 10.2 Å². The number of hydrogen-bond acceptors (Lipinski definition) is 4. The van der Waals surface area contributed by atoms with Gasteiger partial charge in [0.1, 0.15) is 6.04 Å². The van der Waals surface area contributed by atoms with Crippen molar-refractivity contribution in [3.63, 3.8) is 0 Å². The van der Waals surface area contributed by atoms with Crippen LogP contribution in [0.3, 0.4) is 0 Å². The molecule has 3 atom stereocenters. The molecule has 2 aliphatic heterocycles. The van der Waals surface area contributed by atoms with Crippen molar-refractivity contribution in [3.8, 4) is 0 Å². The number of amides is 1. The van der Waals surface area contributed by atoms with E-state index in [9.17, 15) is 19.8 Å². The van der Waals surface area contributed by atoms with Crippen LogP contribution in [0.25, 0.3) is 0 Å². The van der Waals surface area contributed by atoms with Crippen LogP contribution in [0.5, 0.6) is 0 Å². The molecule has 3 rings (SSSR count). The second-order valence-corrected chi connectivity index (χ2v) is 5.64. The van der Waals surface area contributed by atoms with Gasteiger partial charge in [0.25, 0.3) is 0 Å². The summed E-state index contributed by atoms with van der Waals surface area (Å²) in [7, 11) is 0. The number of aliphatic hydroxyl groups is 1. The quantitative estimate of drug-likeness (QED) is 0.699. The Balaban J connectivity index is 1.76. The molecule has 0 aliphatic carbocycles. The van der Waals surface area contributed by atoms with Crippen LogP contribution in [0, 0.1) is 0 Å². The van der Waals surface area contributed by atoms with E-state index in [1.165, 1.54) is 4.90 Å². The van der Waals surface area contributed by atoms with Gasteiger partial charge in [0.05, 0.1) is 12.1 Å². The topological polar surface area (TPSA) is 89.9 Å². The Labute approximate surface area is 122 Å². The number of carboxylic acids is 1. The van der Waals surface area contributed by atoms with Gasteiger partial charge in [-0.1, -0.05) is 24.3 Å². The van der Waals surface area contributed by atoms with Crippen LogP contribution < -0.4 is 5.32 Å². The molecule has 3 N–H and O–H groups in total. The third-order valence-electron chi connectivity index (χ3n) is 4.23. The van der Waals surface area contributed by atoms with Gasteiger partial charge in [0.2, 0.25) is 5.91 Å². The van der Waals surface area contributed by atoms with Gasteiger partial charge in [-0.2, -0.15) is 0 Å². The Kier molecular flexibility index (Phi) is 3.65. The Morgan fingerprint density at radius 2 is 1.95 bits per heavy atom. The second-order valence-electron chi connectivity index (χ2n) is 5.64. The normalized spacial score (nSPS) is 28.2. The van der Waals surface area contributed by atoms with Crippen molar-refractivity contribution in [2.24, 2.45) is 0 Å². The molecule has 0 bridgehead atoms. The molecule has 1 fully saturated rings. The van der Waals surface area contributed by atoms with E-state index in [1.54, 1.807) is 0 Å². The number of nitrogens with one attached hydrogen (secondary N) is 1. The Hall–Kier alpha value is -1.92. The highest BCUT2D eigenvalue weighted by atomic mass is 16.4. The van der Waals surface area contributed by atoms with Crippen LogP contribution in [0.1, 0.15) is 17.5 Å². The van der Waals surface area contributed by atoms with E-state index in [0.29, 0.717) is 13.0 Å². The van der Waals surface area contributed by atoms with E-state index in [0.717, 1.165) is 11.1 Å². The average molecular weight is 290 g/mol. The van der Waals surface area contributed by atoms with E-state index >= 15 is 0 Å². The maximum atomic E-state index is 12.6. The molecule has 0 saturated carbocycles. The highest BCUT2D eigenvalue weighted by Gasteiger charge is 2.41. The zero-order chi connectivity index (χ0) is 15.0. The van der Waals surface area contributed by atoms with Crippen molar-refractivity contribution in [1.29, 1.82) is 0 Å². The number of carbonyl (C=O) groups excluding carboxylic acids is 1. The maximum absolute atomic E-state index is 12.6. The van der Waals surface area contributed by atoms with E-state index in [-0.39, 0.29) is 18.9 Å². The highest BCUT2D eigenvalue weighted by molar-refractivity contribution is 5.88. The summed E-state index contributed by atoms with van der Waals surface area (Å²) in [6.45, 7) is 0.691.